The number of nitrogens with one attached hydrogen (secondary N) is 1. The number of hydrogen-bond acceptors (Lipinski definition) is 2. The fourth-order valence-corrected chi connectivity index (χ4v) is 3.10. The predicted octanol–water partition coefficient (Wildman–Crippen LogP) is 4.13. The standard InChI is InChI=1S/C17H28N2/c1-17(2,3)19-13-16(14-8-5-4-6-9-14)15-10-7-11-18-12-15/h7,10-12,14,16,19H,4-6,8-9,13H2,1-3H3. The highest BCUT2D eigenvalue weighted by atomic mass is 14.9. The van der Waals surface area contributed by atoms with Gasteiger partial charge >= 0.3 is 0 Å². The summed E-state index contributed by atoms with van der Waals surface area (Å²) in [5.41, 5.74) is 1.60. The van der Waals surface area contributed by atoms with Crippen LogP contribution in [0, 0.1) is 5.92 Å². The molecule has 0 amide bonds. The first-order valence-corrected chi connectivity index (χ1v) is 7.71. The van der Waals surface area contributed by atoms with E-state index in [1.807, 2.05) is 6.20 Å². The monoisotopic (exact) mass is 260 g/mol. The van der Waals surface area contributed by atoms with Crippen LogP contribution in [0.2, 0.25) is 0 Å². The molecule has 0 saturated heterocycles. The molecule has 1 unspecified atom stereocenters. The van der Waals surface area contributed by atoms with Gasteiger partial charge in [-0.3, -0.25) is 4.98 Å². The Kier molecular flexibility index (Phi) is 4.98. The second kappa shape index (κ2) is 6.51. The molecule has 2 heteroatoms. The first kappa shape index (κ1) is 14.5. The quantitative estimate of drug-likeness (QED) is 0.880. The minimum atomic E-state index is 0.190. The van der Waals surface area contributed by atoms with E-state index in [1.165, 1.54) is 37.7 Å². The first-order chi connectivity index (χ1) is 9.06. The maximum atomic E-state index is 4.32. The van der Waals surface area contributed by atoms with Gasteiger partial charge in [-0.15, -0.1) is 0 Å². The molecule has 19 heavy (non-hydrogen) atoms. The van der Waals surface area contributed by atoms with Crippen molar-refractivity contribution in [1.82, 2.24) is 10.3 Å². The number of rotatable bonds is 4. The van der Waals surface area contributed by atoms with Crippen molar-refractivity contribution >= 4 is 0 Å². The van der Waals surface area contributed by atoms with Crippen LogP contribution in [0.4, 0.5) is 0 Å². The van der Waals surface area contributed by atoms with Crippen molar-refractivity contribution in [2.45, 2.75) is 64.3 Å². The molecule has 0 radical (unpaired) electrons. The highest BCUT2D eigenvalue weighted by Gasteiger charge is 2.26. The Labute approximate surface area is 118 Å². The Morgan fingerprint density at radius 3 is 2.58 bits per heavy atom. The van der Waals surface area contributed by atoms with Crippen molar-refractivity contribution in [2.24, 2.45) is 5.92 Å². The lowest BCUT2D eigenvalue weighted by Crippen LogP contribution is -2.40. The van der Waals surface area contributed by atoms with E-state index >= 15 is 0 Å². The lowest BCUT2D eigenvalue weighted by Gasteiger charge is -2.33. The molecule has 1 aliphatic carbocycles. The third-order valence-corrected chi connectivity index (χ3v) is 4.18. The molecular formula is C17H28N2. The Bertz CT molecular complexity index is 361. The summed E-state index contributed by atoms with van der Waals surface area (Å²) in [7, 11) is 0. The Hall–Kier alpha value is -0.890. The lowest BCUT2D eigenvalue weighted by molar-refractivity contribution is 0.279. The largest absolute Gasteiger partial charge is 0.311 e. The molecule has 0 bridgehead atoms. The molecule has 1 N–H and O–H groups in total. The van der Waals surface area contributed by atoms with E-state index < -0.39 is 0 Å². The van der Waals surface area contributed by atoms with Crippen LogP contribution < -0.4 is 5.32 Å². The van der Waals surface area contributed by atoms with E-state index in [-0.39, 0.29) is 5.54 Å². The van der Waals surface area contributed by atoms with Gasteiger partial charge in [-0.2, -0.15) is 0 Å². The summed E-state index contributed by atoms with van der Waals surface area (Å²) in [6, 6.07) is 4.32. The zero-order valence-corrected chi connectivity index (χ0v) is 12.7. The zero-order valence-electron chi connectivity index (χ0n) is 12.7. The van der Waals surface area contributed by atoms with Gasteiger partial charge in [0.15, 0.2) is 0 Å². The van der Waals surface area contributed by atoms with Gasteiger partial charge in [0.05, 0.1) is 0 Å². The molecule has 1 aliphatic rings. The number of nitrogens with zero attached hydrogens (tertiary/aromatic N) is 1. The van der Waals surface area contributed by atoms with Crippen LogP contribution in [0.15, 0.2) is 24.5 Å². The van der Waals surface area contributed by atoms with Gasteiger partial charge in [-0.05, 0) is 51.2 Å². The fourth-order valence-electron chi connectivity index (χ4n) is 3.10. The smallest absolute Gasteiger partial charge is 0.0303 e. The molecule has 1 saturated carbocycles. The van der Waals surface area contributed by atoms with Crippen LogP contribution in [0.25, 0.3) is 0 Å². The second-order valence-electron chi connectivity index (χ2n) is 6.92. The first-order valence-electron chi connectivity index (χ1n) is 7.71. The summed E-state index contributed by atoms with van der Waals surface area (Å²) in [6.07, 6.45) is 10.9. The topological polar surface area (TPSA) is 24.9 Å². The van der Waals surface area contributed by atoms with E-state index in [0.717, 1.165) is 12.5 Å². The van der Waals surface area contributed by atoms with Crippen molar-refractivity contribution in [3.8, 4) is 0 Å². The summed E-state index contributed by atoms with van der Waals surface area (Å²) < 4.78 is 0. The predicted molar refractivity (Wildman–Crippen MR) is 81.3 cm³/mol. The highest BCUT2D eigenvalue weighted by molar-refractivity contribution is 5.16. The normalized spacial score (nSPS) is 19.3. The molecular weight excluding hydrogens is 232 g/mol. The summed E-state index contributed by atoms with van der Waals surface area (Å²) in [4.78, 5) is 4.32. The van der Waals surface area contributed by atoms with Crippen LogP contribution in [0.3, 0.4) is 0 Å². The maximum Gasteiger partial charge on any atom is 0.0303 e. The third kappa shape index (κ3) is 4.61. The Balaban J connectivity index is 2.08. The van der Waals surface area contributed by atoms with Crippen molar-refractivity contribution in [3.05, 3.63) is 30.1 Å². The molecule has 2 nitrogen and oxygen atoms in total. The summed E-state index contributed by atoms with van der Waals surface area (Å²) in [5.74, 6) is 1.45. The van der Waals surface area contributed by atoms with Crippen molar-refractivity contribution in [1.29, 1.82) is 0 Å². The number of aromatic nitrogens is 1. The Morgan fingerprint density at radius 1 is 1.26 bits per heavy atom. The van der Waals surface area contributed by atoms with E-state index in [2.05, 4.69) is 49.4 Å². The van der Waals surface area contributed by atoms with E-state index in [4.69, 9.17) is 0 Å². The van der Waals surface area contributed by atoms with Gasteiger partial charge in [0.2, 0.25) is 0 Å². The molecule has 1 fully saturated rings. The second-order valence-corrected chi connectivity index (χ2v) is 6.92. The van der Waals surface area contributed by atoms with Gasteiger partial charge in [-0.1, -0.05) is 25.3 Å². The summed E-state index contributed by atoms with van der Waals surface area (Å²) in [5, 5.41) is 3.69. The fraction of sp³-hybridized carbons (Fsp3) is 0.706. The van der Waals surface area contributed by atoms with E-state index in [9.17, 15) is 0 Å². The minimum absolute atomic E-state index is 0.190. The van der Waals surface area contributed by atoms with E-state index in [1.54, 1.807) is 0 Å². The van der Waals surface area contributed by atoms with Crippen LogP contribution in [-0.2, 0) is 0 Å². The minimum Gasteiger partial charge on any atom is -0.311 e. The Morgan fingerprint density at radius 2 is 2.00 bits per heavy atom. The molecule has 0 spiro atoms. The number of pyridine rings is 1. The average Bonchev–Trinajstić information content (AvgIpc) is 2.40. The highest BCUT2D eigenvalue weighted by Crippen LogP contribution is 2.35. The molecule has 0 aliphatic heterocycles. The third-order valence-electron chi connectivity index (χ3n) is 4.18. The summed E-state index contributed by atoms with van der Waals surface area (Å²) >= 11 is 0. The van der Waals surface area contributed by atoms with Gasteiger partial charge in [-0.25, -0.2) is 0 Å². The van der Waals surface area contributed by atoms with Crippen molar-refractivity contribution < 1.29 is 0 Å². The average molecular weight is 260 g/mol. The van der Waals surface area contributed by atoms with Crippen LogP contribution in [0.1, 0.15) is 64.4 Å². The number of hydrogen-bond donors (Lipinski definition) is 1. The maximum absolute atomic E-state index is 4.32. The molecule has 1 heterocycles. The molecule has 1 atom stereocenters. The van der Waals surface area contributed by atoms with E-state index in [0.29, 0.717) is 5.92 Å². The molecule has 1 aromatic rings. The lowest BCUT2D eigenvalue weighted by atomic mass is 9.77. The van der Waals surface area contributed by atoms with Gasteiger partial charge in [0.1, 0.15) is 0 Å². The van der Waals surface area contributed by atoms with Gasteiger partial charge < -0.3 is 5.32 Å². The zero-order chi connectivity index (χ0) is 13.7. The van der Waals surface area contributed by atoms with Crippen LogP contribution >= 0.6 is 0 Å². The SMILES string of the molecule is CC(C)(C)NCC(c1cccnc1)C1CCCCC1. The molecule has 0 aromatic carbocycles. The molecule has 1 aromatic heterocycles. The summed E-state index contributed by atoms with van der Waals surface area (Å²) in [6.45, 7) is 7.80. The molecule has 2 rings (SSSR count). The molecule has 106 valence electrons. The van der Waals surface area contributed by atoms with Crippen LogP contribution in [0.5, 0.6) is 0 Å². The van der Waals surface area contributed by atoms with Gasteiger partial charge in [0.25, 0.3) is 0 Å². The van der Waals surface area contributed by atoms with Gasteiger partial charge in [0, 0.05) is 30.4 Å². The van der Waals surface area contributed by atoms with Crippen molar-refractivity contribution in [3.63, 3.8) is 0 Å². The van der Waals surface area contributed by atoms with Crippen LogP contribution in [-0.4, -0.2) is 17.1 Å². The van der Waals surface area contributed by atoms with Crippen molar-refractivity contribution in [2.75, 3.05) is 6.54 Å².